The number of halogens is 3. The van der Waals surface area contributed by atoms with Gasteiger partial charge in [0.2, 0.25) is 9.05 Å². The van der Waals surface area contributed by atoms with Gasteiger partial charge in [-0.25, -0.2) is 12.8 Å². The van der Waals surface area contributed by atoms with Gasteiger partial charge in [0.25, 0.3) is 0 Å². The molecule has 1 atom stereocenters. The summed E-state index contributed by atoms with van der Waals surface area (Å²) in [6, 6.07) is 4.36. The highest BCUT2D eigenvalue weighted by Gasteiger charge is 2.18. The fourth-order valence-corrected chi connectivity index (χ4v) is 3.40. The van der Waals surface area contributed by atoms with Crippen LogP contribution in [0.5, 0.6) is 5.75 Å². The lowest BCUT2D eigenvalue weighted by atomic mass is 10.1. The van der Waals surface area contributed by atoms with Crippen LogP contribution in [0.3, 0.4) is 0 Å². The Balaban J connectivity index is 2.68. The number of hydrogen-bond donors (Lipinski definition) is 0. The van der Waals surface area contributed by atoms with Crippen LogP contribution in [0.4, 0.5) is 4.39 Å². The molecule has 0 fully saturated rings. The van der Waals surface area contributed by atoms with Crippen molar-refractivity contribution < 1.29 is 17.5 Å². The molecule has 0 radical (unpaired) electrons. The minimum absolute atomic E-state index is 0.0995. The number of ether oxygens (including phenoxy) is 1. The van der Waals surface area contributed by atoms with Crippen molar-refractivity contribution in [1.82, 2.24) is 0 Å². The van der Waals surface area contributed by atoms with Crippen LogP contribution >= 0.6 is 26.6 Å². The minimum Gasteiger partial charge on any atom is -0.490 e. The molecule has 0 bridgehead atoms. The molecule has 1 aromatic rings. The van der Waals surface area contributed by atoms with E-state index in [4.69, 9.17) is 15.4 Å². The first-order valence-electron chi connectivity index (χ1n) is 5.82. The first kappa shape index (κ1) is 16.7. The quantitative estimate of drug-likeness (QED) is 0.680. The maximum Gasteiger partial charge on any atom is 0.232 e. The molecule has 1 rings (SSSR count). The molecular weight excluding hydrogens is 359 g/mol. The molecule has 0 saturated carbocycles. The van der Waals surface area contributed by atoms with E-state index >= 15 is 0 Å². The van der Waals surface area contributed by atoms with E-state index in [1.807, 2.05) is 6.92 Å². The summed E-state index contributed by atoms with van der Waals surface area (Å²) in [5, 5.41) is 0. The maximum absolute atomic E-state index is 13.5. The molecular formula is C12H15BrClFO3S. The summed E-state index contributed by atoms with van der Waals surface area (Å²) in [5.41, 5.74) is 0. The third-order valence-corrected chi connectivity index (χ3v) is 4.24. The summed E-state index contributed by atoms with van der Waals surface area (Å²) in [6.45, 7) is 2.06. The first-order chi connectivity index (χ1) is 8.81. The molecule has 19 heavy (non-hydrogen) atoms. The molecule has 0 aromatic heterocycles. The highest BCUT2D eigenvalue weighted by atomic mass is 79.9. The molecule has 108 valence electrons. The second-order valence-corrected chi connectivity index (χ2v) is 7.98. The van der Waals surface area contributed by atoms with E-state index in [9.17, 15) is 12.8 Å². The predicted molar refractivity (Wildman–Crippen MR) is 77.6 cm³/mol. The Morgan fingerprint density at radius 3 is 2.74 bits per heavy atom. The van der Waals surface area contributed by atoms with Crippen LogP contribution in [-0.2, 0) is 9.05 Å². The van der Waals surface area contributed by atoms with Crippen LogP contribution < -0.4 is 4.74 Å². The average molecular weight is 374 g/mol. The summed E-state index contributed by atoms with van der Waals surface area (Å²) >= 11 is 3.22. The monoisotopic (exact) mass is 372 g/mol. The molecule has 0 aliphatic heterocycles. The van der Waals surface area contributed by atoms with Crippen LogP contribution in [-0.4, -0.2) is 20.8 Å². The van der Waals surface area contributed by atoms with E-state index in [1.165, 1.54) is 12.1 Å². The molecule has 0 saturated heterocycles. The zero-order valence-corrected chi connectivity index (χ0v) is 13.6. The SMILES string of the molecule is CCCC(COc1cc(Br)ccc1F)CS(=O)(=O)Cl. The molecule has 7 heteroatoms. The van der Waals surface area contributed by atoms with Crippen molar-refractivity contribution in [2.45, 2.75) is 19.8 Å². The summed E-state index contributed by atoms with van der Waals surface area (Å²) in [6.07, 6.45) is 1.46. The normalized spacial score (nSPS) is 13.3. The van der Waals surface area contributed by atoms with Gasteiger partial charge >= 0.3 is 0 Å². The number of hydrogen-bond acceptors (Lipinski definition) is 3. The lowest BCUT2D eigenvalue weighted by molar-refractivity contribution is 0.243. The van der Waals surface area contributed by atoms with Gasteiger partial charge in [0.05, 0.1) is 12.4 Å². The van der Waals surface area contributed by atoms with Gasteiger partial charge in [-0.05, 0) is 24.6 Å². The van der Waals surface area contributed by atoms with Crippen molar-refractivity contribution in [3.05, 3.63) is 28.5 Å². The maximum atomic E-state index is 13.5. The fraction of sp³-hybridized carbons (Fsp3) is 0.500. The van der Waals surface area contributed by atoms with Gasteiger partial charge in [-0.1, -0.05) is 29.3 Å². The van der Waals surface area contributed by atoms with Gasteiger partial charge < -0.3 is 4.74 Å². The highest BCUT2D eigenvalue weighted by Crippen LogP contribution is 2.23. The van der Waals surface area contributed by atoms with Crippen LogP contribution in [0.1, 0.15) is 19.8 Å². The van der Waals surface area contributed by atoms with Crippen molar-refractivity contribution in [3.63, 3.8) is 0 Å². The molecule has 0 aliphatic rings. The van der Waals surface area contributed by atoms with Crippen molar-refractivity contribution in [2.24, 2.45) is 5.92 Å². The standard InChI is InChI=1S/C12H15BrClFO3S/c1-2-3-9(8-19(14,16)17)7-18-12-6-10(13)4-5-11(12)15/h4-6,9H,2-3,7-8H2,1H3. The largest absolute Gasteiger partial charge is 0.490 e. The third-order valence-electron chi connectivity index (χ3n) is 2.50. The van der Waals surface area contributed by atoms with Crippen molar-refractivity contribution in [2.75, 3.05) is 12.4 Å². The van der Waals surface area contributed by atoms with Crippen molar-refractivity contribution in [1.29, 1.82) is 0 Å². The zero-order chi connectivity index (χ0) is 14.5. The van der Waals surface area contributed by atoms with E-state index in [0.717, 1.165) is 6.42 Å². The molecule has 0 N–H and O–H groups in total. The lowest BCUT2D eigenvalue weighted by Crippen LogP contribution is -2.20. The van der Waals surface area contributed by atoms with Gasteiger partial charge in [-0.2, -0.15) is 0 Å². The average Bonchev–Trinajstić information content (AvgIpc) is 2.28. The summed E-state index contributed by atoms with van der Waals surface area (Å²) < 4.78 is 41.7. The highest BCUT2D eigenvalue weighted by molar-refractivity contribution is 9.10. The molecule has 1 unspecified atom stereocenters. The molecule has 0 aliphatic carbocycles. The number of rotatable bonds is 7. The third kappa shape index (κ3) is 6.58. The lowest BCUT2D eigenvalue weighted by Gasteiger charge is -2.16. The van der Waals surface area contributed by atoms with Crippen LogP contribution in [0.2, 0.25) is 0 Å². The van der Waals surface area contributed by atoms with E-state index < -0.39 is 14.9 Å². The van der Waals surface area contributed by atoms with Gasteiger partial charge in [-0.3, -0.25) is 0 Å². The number of benzene rings is 1. The Morgan fingerprint density at radius 1 is 1.47 bits per heavy atom. The molecule has 0 spiro atoms. The topological polar surface area (TPSA) is 43.4 Å². The van der Waals surface area contributed by atoms with E-state index in [2.05, 4.69) is 15.9 Å². The smallest absolute Gasteiger partial charge is 0.232 e. The van der Waals surface area contributed by atoms with Crippen LogP contribution in [0, 0.1) is 11.7 Å². The first-order valence-corrected chi connectivity index (χ1v) is 9.09. The van der Waals surface area contributed by atoms with Gasteiger partial charge in [-0.15, -0.1) is 0 Å². The molecule has 0 heterocycles. The van der Waals surface area contributed by atoms with Crippen LogP contribution in [0.25, 0.3) is 0 Å². The Hall–Kier alpha value is -0.330. The summed E-state index contributed by atoms with van der Waals surface area (Å²) in [7, 11) is 1.66. The van der Waals surface area contributed by atoms with E-state index in [1.54, 1.807) is 6.07 Å². The Bertz CT molecular complexity index is 522. The molecule has 1 aromatic carbocycles. The van der Waals surface area contributed by atoms with Gasteiger partial charge in [0.1, 0.15) is 0 Å². The second kappa shape index (κ2) is 7.45. The zero-order valence-electron chi connectivity index (χ0n) is 10.4. The Morgan fingerprint density at radius 2 is 2.16 bits per heavy atom. The van der Waals surface area contributed by atoms with Crippen LogP contribution in [0.15, 0.2) is 22.7 Å². The second-order valence-electron chi connectivity index (χ2n) is 4.25. The fourth-order valence-electron chi connectivity index (χ4n) is 1.70. The molecule has 3 nitrogen and oxygen atoms in total. The van der Waals surface area contributed by atoms with Crippen molar-refractivity contribution in [3.8, 4) is 5.75 Å². The predicted octanol–water partition coefficient (Wildman–Crippen LogP) is 3.95. The van der Waals surface area contributed by atoms with E-state index in [0.29, 0.717) is 10.9 Å². The molecule has 0 amide bonds. The Labute approximate surface area is 125 Å². The van der Waals surface area contributed by atoms with Gasteiger partial charge in [0.15, 0.2) is 11.6 Å². The minimum atomic E-state index is -3.58. The van der Waals surface area contributed by atoms with Gasteiger partial charge in [0, 0.05) is 21.1 Å². The Kier molecular flexibility index (Phi) is 6.56. The summed E-state index contributed by atoms with van der Waals surface area (Å²) in [4.78, 5) is 0. The summed E-state index contributed by atoms with van der Waals surface area (Å²) in [5.74, 6) is -0.793. The van der Waals surface area contributed by atoms with Crippen molar-refractivity contribution >= 4 is 35.7 Å². The van der Waals surface area contributed by atoms with E-state index in [-0.39, 0.29) is 24.0 Å².